The van der Waals surface area contributed by atoms with Crippen LogP contribution in [0.2, 0.25) is 5.02 Å². The van der Waals surface area contributed by atoms with Gasteiger partial charge >= 0.3 is 0 Å². The third-order valence-corrected chi connectivity index (χ3v) is 3.30. The predicted molar refractivity (Wildman–Crippen MR) is 75.7 cm³/mol. The van der Waals surface area contributed by atoms with Gasteiger partial charge in [-0.1, -0.05) is 35.9 Å². The molecule has 0 radical (unpaired) electrons. The molecule has 2 nitrogen and oxygen atoms in total. The van der Waals surface area contributed by atoms with E-state index in [2.05, 4.69) is 0 Å². The van der Waals surface area contributed by atoms with Gasteiger partial charge in [0, 0.05) is 16.8 Å². The van der Waals surface area contributed by atoms with Crippen LogP contribution in [0.4, 0.5) is 4.39 Å². The molecule has 4 heteroatoms. The Balaban J connectivity index is 1.89. The quantitative estimate of drug-likeness (QED) is 0.657. The van der Waals surface area contributed by atoms with Crippen LogP contribution >= 0.6 is 11.6 Å². The highest BCUT2D eigenvalue weighted by molar-refractivity contribution is 6.30. The fourth-order valence-corrected chi connectivity index (χ4v) is 2.20. The largest absolute Gasteiger partial charge is 0.453 e. The minimum absolute atomic E-state index is 0.0528. The van der Waals surface area contributed by atoms with Gasteiger partial charge in [0.1, 0.15) is 11.4 Å². The first-order valence-corrected chi connectivity index (χ1v) is 6.47. The minimum atomic E-state index is -0.484. The first kappa shape index (κ1) is 12.9. The van der Waals surface area contributed by atoms with Crippen molar-refractivity contribution in [1.82, 2.24) is 0 Å². The summed E-state index contributed by atoms with van der Waals surface area (Å²) in [6.07, 6.45) is -0.0528. The van der Waals surface area contributed by atoms with E-state index in [1.807, 2.05) is 18.2 Å². The lowest BCUT2D eigenvalue weighted by Gasteiger charge is -2.01. The van der Waals surface area contributed by atoms with E-state index < -0.39 is 5.82 Å². The van der Waals surface area contributed by atoms with Gasteiger partial charge in [-0.25, -0.2) is 4.39 Å². The highest BCUT2D eigenvalue weighted by Gasteiger charge is 2.15. The second-order valence-corrected chi connectivity index (χ2v) is 4.92. The number of fused-ring (bicyclic) bond motifs is 1. The zero-order valence-electron chi connectivity index (χ0n) is 10.4. The number of ketones is 1. The van der Waals surface area contributed by atoms with E-state index in [4.69, 9.17) is 16.0 Å². The average molecular weight is 289 g/mol. The third kappa shape index (κ3) is 2.45. The van der Waals surface area contributed by atoms with Crippen molar-refractivity contribution in [2.45, 2.75) is 6.42 Å². The third-order valence-electron chi connectivity index (χ3n) is 3.07. The van der Waals surface area contributed by atoms with Crippen LogP contribution in [-0.4, -0.2) is 5.78 Å². The summed E-state index contributed by atoms with van der Waals surface area (Å²) in [5.74, 6) is -0.509. The number of rotatable bonds is 3. The van der Waals surface area contributed by atoms with Gasteiger partial charge in [-0.15, -0.1) is 0 Å². The SMILES string of the molecule is O=C(Cc1ccc(Cl)cc1F)c1cc2ccccc2o1. The summed E-state index contributed by atoms with van der Waals surface area (Å²) in [5.41, 5.74) is 0.951. The van der Waals surface area contributed by atoms with Crippen LogP contribution in [0.5, 0.6) is 0 Å². The van der Waals surface area contributed by atoms with Crippen LogP contribution in [0.25, 0.3) is 11.0 Å². The van der Waals surface area contributed by atoms with Crippen molar-refractivity contribution in [2.75, 3.05) is 0 Å². The molecule has 0 spiro atoms. The number of carbonyl (C=O) groups is 1. The summed E-state index contributed by atoms with van der Waals surface area (Å²) in [7, 11) is 0. The van der Waals surface area contributed by atoms with Crippen LogP contribution in [-0.2, 0) is 6.42 Å². The number of hydrogen-bond acceptors (Lipinski definition) is 2. The van der Waals surface area contributed by atoms with Gasteiger partial charge in [0.25, 0.3) is 0 Å². The molecular formula is C16H10ClFO2. The number of furan rings is 1. The molecule has 0 aliphatic heterocycles. The smallest absolute Gasteiger partial charge is 0.202 e. The van der Waals surface area contributed by atoms with Crippen molar-refractivity contribution < 1.29 is 13.6 Å². The van der Waals surface area contributed by atoms with Crippen molar-refractivity contribution in [1.29, 1.82) is 0 Å². The molecule has 20 heavy (non-hydrogen) atoms. The van der Waals surface area contributed by atoms with E-state index >= 15 is 0 Å². The van der Waals surface area contributed by atoms with Gasteiger partial charge in [0.15, 0.2) is 5.76 Å². The second-order valence-electron chi connectivity index (χ2n) is 4.48. The van der Waals surface area contributed by atoms with Crippen molar-refractivity contribution in [3.8, 4) is 0 Å². The number of para-hydroxylation sites is 1. The molecule has 0 saturated carbocycles. The summed E-state index contributed by atoms with van der Waals surface area (Å²) in [6, 6.07) is 13.3. The number of halogens is 2. The summed E-state index contributed by atoms with van der Waals surface area (Å²) in [6.45, 7) is 0. The molecule has 3 rings (SSSR count). The first-order valence-electron chi connectivity index (χ1n) is 6.09. The molecule has 1 aromatic heterocycles. The van der Waals surface area contributed by atoms with Crippen LogP contribution in [0.1, 0.15) is 16.1 Å². The maximum absolute atomic E-state index is 13.7. The van der Waals surface area contributed by atoms with Crippen LogP contribution in [0.15, 0.2) is 52.9 Å². The molecule has 0 N–H and O–H groups in total. The van der Waals surface area contributed by atoms with Crippen molar-refractivity contribution >= 4 is 28.4 Å². The van der Waals surface area contributed by atoms with Gasteiger partial charge in [-0.3, -0.25) is 4.79 Å². The maximum atomic E-state index is 13.7. The molecule has 0 unspecified atom stereocenters. The normalized spacial score (nSPS) is 10.9. The summed E-state index contributed by atoms with van der Waals surface area (Å²) >= 11 is 5.68. The topological polar surface area (TPSA) is 30.2 Å². The van der Waals surface area contributed by atoms with Gasteiger partial charge in [-0.05, 0) is 29.8 Å². The Hall–Kier alpha value is -2.13. The van der Waals surface area contributed by atoms with E-state index in [9.17, 15) is 9.18 Å². The van der Waals surface area contributed by atoms with Crippen LogP contribution < -0.4 is 0 Å². The Morgan fingerprint density at radius 3 is 2.70 bits per heavy atom. The van der Waals surface area contributed by atoms with Crippen molar-refractivity contribution in [2.24, 2.45) is 0 Å². The van der Waals surface area contributed by atoms with E-state index in [0.717, 1.165) is 5.39 Å². The molecule has 0 atom stereocenters. The second kappa shape index (κ2) is 5.10. The zero-order valence-corrected chi connectivity index (χ0v) is 11.2. The fourth-order valence-electron chi connectivity index (χ4n) is 2.04. The molecule has 0 amide bonds. The minimum Gasteiger partial charge on any atom is -0.453 e. The lowest BCUT2D eigenvalue weighted by atomic mass is 10.1. The Morgan fingerprint density at radius 1 is 1.15 bits per heavy atom. The van der Waals surface area contributed by atoms with Gasteiger partial charge in [-0.2, -0.15) is 0 Å². The van der Waals surface area contributed by atoms with Crippen molar-refractivity contribution in [3.63, 3.8) is 0 Å². The molecule has 0 bridgehead atoms. The molecule has 0 aliphatic rings. The van der Waals surface area contributed by atoms with Gasteiger partial charge < -0.3 is 4.42 Å². The number of benzene rings is 2. The van der Waals surface area contributed by atoms with E-state index in [-0.39, 0.29) is 18.0 Å². The Kier molecular flexibility index (Phi) is 3.28. The lowest BCUT2D eigenvalue weighted by Crippen LogP contribution is -2.03. The lowest BCUT2D eigenvalue weighted by molar-refractivity contribution is 0.0967. The average Bonchev–Trinajstić information content (AvgIpc) is 2.86. The van der Waals surface area contributed by atoms with E-state index in [1.165, 1.54) is 12.1 Å². The Labute approximate surface area is 119 Å². The van der Waals surface area contributed by atoms with Gasteiger partial charge in [0.05, 0.1) is 0 Å². The monoisotopic (exact) mass is 288 g/mol. The fraction of sp³-hybridized carbons (Fsp3) is 0.0625. The summed E-state index contributed by atoms with van der Waals surface area (Å²) in [5, 5.41) is 1.16. The maximum Gasteiger partial charge on any atom is 0.202 e. The molecule has 0 saturated heterocycles. The molecule has 100 valence electrons. The number of Topliss-reactive ketones (excluding diaryl/α,β-unsaturated/α-hetero) is 1. The molecule has 2 aromatic carbocycles. The van der Waals surface area contributed by atoms with Crippen molar-refractivity contribution in [3.05, 3.63) is 70.7 Å². The standard InChI is InChI=1S/C16H10ClFO2/c17-12-6-5-10(13(18)9-12)7-14(19)16-8-11-3-1-2-4-15(11)20-16/h1-6,8-9H,7H2. The zero-order chi connectivity index (χ0) is 14.1. The van der Waals surface area contributed by atoms with Gasteiger partial charge in [0.2, 0.25) is 5.78 Å². The molecular weight excluding hydrogens is 279 g/mol. The molecule has 3 aromatic rings. The number of carbonyl (C=O) groups excluding carboxylic acids is 1. The highest BCUT2D eigenvalue weighted by Crippen LogP contribution is 2.21. The molecule has 0 aliphatic carbocycles. The van der Waals surface area contributed by atoms with E-state index in [0.29, 0.717) is 16.2 Å². The molecule has 1 heterocycles. The Bertz CT molecular complexity index is 759. The van der Waals surface area contributed by atoms with Crippen LogP contribution in [0, 0.1) is 5.82 Å². The Morgan fingerprint density at radius 2 is 1.95 bits per heavy atom. The van der Waals surface area contributed by atoms with E-state index in [1.54, 1.807) is 18.2 Å². The summed E-state index contributed by atoms with van der Waals surface area (Å²) in [4.78, 5) is 12.1. The molecule has 0 fully saturated rings. The highest BCUT2D eigenvalue weighted by atomic mass is 35.5. The first-order chi connectivity index (χ1) is 9.63. The predicted octanol–water partition coefficient (Wildman–Crippen LogP) is 4.65. The number of hydrogen-bond donors (Lipinski definition) is 0. The summed E-state index contributed by atoms with van der Waals surface area (Å²) < 4.78 is 19.1. The van der Waals surface area contributed by atoms with Crippen LogP contribution in [0.3, 0.4) is 0 Å².